The van der Waals surface area contributed by atoms with Gasteiger partial charge in [-0.25, -0.2) is 9.59 Å². The molecule has 0 spiro atoms. The number of fused-ring (bicyclic) bond motifs is 3. The number of para-hydroxylation sites is 1. The molecule has 0 aliphatic heterocycles. The molecule has 3 aromatic carbocycles. The largest absolute Gasteiger partial charge is 0.478 e. The van der Waals surface area contributed by atoms with E-state index in [1.54, 1.807) is 12.1 Å². The predicted octanol–water partition coefficient (Wildman–Crippen LogP) is 4.15. The van der Waals surface area contributed by atoms with Crippen molar-refractivity contribution < 1.29 is 19.8 Å². The second kappa shape index (κ2) is 7.95. The maximum Gasteiger partial charge on any atom is 0.335 e. The van der Waals surface area contributed by atoms with Gasteiger partial charge in [-0.15, -0.1) is 0 Å². The fraction of sp³-hybridized carbons (Fsp3) is 0. The van der Waals surface area contributed by atoms with E-state index in [1.165, 1.54) is 24.3 Å². The van der Waals surface area contributed by atoms with E-state index in [2.05, 4.69) is 11.1 Å². The number of H-pyrrole nitrogens is 1. The van der Waals surface area contributed by atoms with E-state index in [0.29, 0.717) is 11.1 Å². The molecule has 7 nitrogen and oxygen atoms in total. The topological polar surface area (TPSA) is 138 Å². The maximum atomic E-state index is 10.3. The average molecular weight is 383 g/mol. The first kappa shape index (κ1) is 19.2. The summed E-state index contributed by atoms with van der Waals surface area (Å²) in [7, 11) is 0. The van der Waals surface area contributed by atoms with Crippen LogP contribution in [0.15, 0.2) is 60.7 Å². The van der Waals surface area contributed by atoms with Crippen LogP contribution in [-0.4, -0.2) is 27.1 Å². The highest BCUT2D eigenvalue weighted by molar-refractivity contribution is 6.08. The molecule has 0 saturated carbocycles. The minimum absolute atomic E-state index is 0.0833. The lowest BCUT2D eigenvalue weighted by molar-refractivity contribution is 0.0681. The Labute approximate surface area is 164 Å². The van der Waals surface area contributed by atoms with Crippen LogP contribution in [0.1, 0.15) is 31.8 Å². The summed E-state index contributed by atoms with van der Waals surface area (Å²) in [5.74, 6) is -2.13. The molecule has 4 aromatic rings. The Morgan fingerprint density at radius 3 is 1.76 bits per heavy atom. The van der Waals surface area contributed by atoms with Crippen LogP contribution in [0.25, 0.3) is 21.8 Å². The van der Waals surface area contributed by atoms with Crippen LogP contribution in [0.2, 0.25) is 0 Å². The van der Waals surface area contributed by atoms with Crippen LogP contribution in [0.3, 0.4) is 0 Å². The molecule has 0 fully saturated rings. The van der Waals surface area contributed by atoms with Gasteiger partial charge in [0, 0.05) is 21.8 Å². The number of nitrogens with zero attached hydrogens (tertiary/aromatic N) is 2. The Hall–Kier alpha value is -4.62. The highest BCUT2D eigenvalue weighted by atomic mass is 16.4. The van der Waals surface area contributed by atoms with E-state index < -0.39 is 11.9 Å². The van der Waals surface area contributed by atoms with Gasteiger partial charge in [0.15, 0.2) is 0 Å². The van der Waals surface area contributed by atoms with Crippen molar-refractivity contribution in [1.82, 2.24) is 4.98 Å². The van der Waals surface area contributed by atoms with Crippen LogP contribution < -0.4 is 0 Å². The number of aromatic nitrogens is 1. The third-order valence-corrected chi connectivity index (χ3v) is 4.26. The fourth-order valence-corrected chi connectivity index (χ4v) is 2.84. The molecular formula is C22H13N3O4. The first-order chi connectivity index (χ1) is 13.9. The molecule has 29 heavy (non-hydrogen) atoms. The Balaban J connectivity index is 0.000000177. The highest BCUT2D eigenvalue weighted by Crippen LogP contribution is 2.27. The average Bonchev–Trinajstić information content (AvgIpc) is 3.10. The normalized spacial score (nSPS) is 9.86. The van der Waals surface area contributed by atoms with E-state index in [-0.39, 0.29) is 11.1 Å². The monoisotopic (exact) mass is 383 g/mol. The van der Waals surface area contributed by atoms with Gasteiger partial charge in [0.1, 0.15) is 12.1 Å². The quantitative estimate of drug-likeness (QED) is 0.475. The Morgan fingerprint density at radius 1 is 0.724 bits per heavy atom. The molecule has 0 amide bonds. The van der Waals surface area contributed by atoms with Gasteiger partial charge >= 0.3 is 11.9 Å². The summed E-state index contributed by atoms with van der Waals surface area (Å²) in [5, 5.41) is 37.0. The van der Waals surface area contributed by atoms with Gasteiger partial charge < -0.3 is 15.2 Å². The Kier molecular flexibility index (Phi) is 5.25. The molecule has 140 valence electrons. The standard InChI is InChI=1S/C14H7N3.C8H6O4/c15-7-9-5-12-11-3-1-2-4-13(11)17-14(12)6-10(9)8-16;9-7(10)5-1-2-6(4-3-5)8(11)12/h1-6,17H;1-4H,(H,9,10)(H,11,12). The van der Waals surface area contributed by atoms with Gasteiger partial charge in [-0.2, -0.15) is 10.5 Å². The molecule has 0 aliphatic carbocycles. The van der Waals surface area contributed by atoms with Crippen molar-refractivity contribution in [2.24, 2.45) is 0 Å². The van der Waals surface area contributed by atoms with Crippen molar-refractivity contribution in [2.45, 2.75) is 0 Å². The molecule has 0 aliphatic rings. The van der Waals surface area contributed by atoms with Crippen molar-refractivity contribution in [3.05, 3.63) is 82.9 Å². The van der Waals surface area contributed by atoms with E-state index in [4.69, 9.17) is 20.7 Å². The number of benzene rings is 3. The zero-order chi connectivity index (χ0) is 21.0. The molecule has 0 unspecified atom stereocenters. The molecule has 7 heteroatoms. The number of carboxylic acids is 2. The van der Waals surface area contributed by atoms with E-state index in [1.807, 2.05) is 30.3 Å². The number of carboxylic acid groups (broad SMARTS) is 2. The number of hydrogen-bond donors (Lipinski definition) is 3. The zero-order valence-electron chi connectivity index (χ0n) is 14.9. The van der Waals surface area contributed by atoms with Crippen molar-refractivity contribution in [1.29, 1.82) is 10.5 Å². The molecule has 0 saturated heterocycles. The molecule has 0 bridgehead atoms. The van der Waals surface area contributed by atoms with E-state index in [9.17, 15) is 9.59 Å². The van der Waals surface area contributed by atoms with Gasteiger partial charge in [0.25, 0.3) is 0 Å². The first-order valence-corrected chi connectivity index (χ1v) is 8.36. The smallest absolute Gasteiger partial charge is 0.335 e. The number of nitriles is 2. The first-order valence-electron chi connectivity index (χ1n) is 8.36. The number of aromatic carboxylic acids is 2. The predicted molar refractivity (Wildman–Crippen MR) is 106 cm³/mol. The van der Waals surface area contributed by atoms with Gasteiger partial charge in [0.05, 0.1) is 22.3 Å². The van der Waals surface area contributed by atoms with Crippen molar-refractivity contribution in [2.75, 3.05) is 0 Å². The molecule has 1 aromatic heterocycles. The SMILES string of the molecule is N#Cc1cc2[nH]c3ccccc3c2cc1C#N.O=C(O)c1ccc(C(=O)O)cc1. The van der Waals surface area contributed by atoms with Gasteiger partial charge in [0.2, 0.25) is 0 Å². The number of rotatable bonds is 2. The van der Waals surface area contributed by atoms with Crippen LogP contribution in [0.4, 0.5) is 0 Å². The van der Waals surface area contributed by atoms with E-state index in [0.717, 1.165) is 21.8 Å². The Morgan fingerprint density at radius 2 is 1.24 bits per heavy atom. The molecule has 0 atom stereocenters. The third kappa shape index (κ3) is 3.90. The summed E-state index contributed by atoms with van der Waals surface area (Å²) in [5.41, 5.74) is 2.90. The van der Waals surface area contributed by atoms with Crippen molar-refractivity contribution >= 4 is 33.7 Å². The summed E-state index contributed by atoms with van der Waals surface area (Å²) < 4.78 is 0. The zero-order valence-corrected chi connectivity index (χ0v) is 14.9. The third-order valence-electron chi connectivity index (χ3n) is 4.26. The lowest BCUT2D eigenvalue weighted by Gasteiger charge is -1.95. The second-order valence-corrected chi connectivity index (χ2v) is 6.03. The van der Waals surface area contributed by atoms with Gasteiger partial charge in [-0.3, -0.25) is 0 Å². The molecule has 0 radical (unpaired) electrons. The number of carbonyl (C=O) groups is 2. The lowest BCUT2D eigenvalue weighted by Crippen LogP contribution is -1.99. The summed E-state index contributed by atoms with van der Waals surface area (Å²) in [6.07, 6.45) is 0. The summed E-state index contributed by atoms with van der Waals surface area (Å²) >= 11 is 0. The van der Waals surface area contributed by atoms with Gasteiger partial charge in [-0.1, -0.05) is 18.2 Å². The van der Waals surface area contributed by atoms with E-state index >= 15 is 0 Å². The number of aromatic amines is 1. The van der Waals surface area contributed by atoms with Crippen LogP contribution in [-0.2, 0) is 0 Å². The number of nitrogens with one attached hydrogen (secondary N) is 1. The van der Waals surface area contributed by atoms with Gasteiger partial charge in [-0.05, 0) is 42.5 Å². The summed E-state index contributed by atoms with van der Waals surface area (Å²) in [6, 6.07) is 20.5. The maximum absolute atomic E-state index is 10.3. The molecule has 3 N–H and O–H groups in total. The molecular weight excluding hydrogens is 370 g/mol. The highest BCUT2D eigenvalue weighted by Gasteiger charge is 2.08. The minimum atomic E-state index is -1.06. The molecule has 1 heterocycles. The lowest BCUT2D eigenvalue weighted by atomic mass is 10.1. The van der Waals surface area contributed by atoms with Crippen molar-refractivity contribution in [3.63, 3.8) is 0 Å². The molecule has 4 rings (SSSR count). The van der Waals surface area contributed by atoms with Crippen LogP contribution in [0, 0.1) is 22.7 Å². The fourth-order valence-electron chi connectivity index (χ4n) is 2.84. The van der Waals surface area contributed by atoms with Crippen LogP contribution >= 0.6 is 0 Å². The minimum Gasteiger partial charge on any atom is -0.478 e. The van der Waals surface area contributed by atoms with Crippen molar-refractivity contribution in [3.8, 4) is 12.1 Å². The summed E-state index contributed by atoms with van der Waals surface area (Å²) in [6.45, 7) is 0. The Bertz CT molecular complexity index is 1290. The summed E-state index contributed by atoms with van der Waals surface area (Å²) in [4.78, 5) is 23.9. The van der Waals surface area contributed by atoms with Crippen LogP contribution in [0.5, 0.6) is 0 Å². The second-order valence-electron chi connectivity index (χ2n) is 6.03. The number of hydrogen-bond acceptors (Lipinski definition) is 4.